The lowest BCUT2D eigenvalue weighted by Crippen LogP contribution is -2.67. The number of alkyl halides is 3. The Morgan fingerprint density at radius 2 is 1.97 bits per heavy atom. The number of halogens is 3. The highest BCUT2D eigenvalue weighted by Gasteiger charge is 2.54. The molecule has 2 aliphatic rings. The number of aryl methyl sites for hydroxylation is 1. The third-order valence-electron chi connectivity index (χ3n) is 6.65. The van der Waals surface area contributed by atoms with Crippen LogP contribution in [-0.2, 0) is 13.2 Å². The summed E-state index contributed by atoms with van der Waals surface area (Å²) in [7, 11) is 1.86. The second-order valence-electron chi connectivity index (χ2n) is 9.24. The van der Waals surface area contributed by atoms with Crippen molar-refractivity contribution in [1.29, 1.82) is 0 Å². The summed E-state index contributed by atoms with van der Waals surface area (Å²) in [6, 6.07) is 2.26. The number of hydrogen-bond acceptors (Lipinski definition) is 4. The molecule has 0 atom stereocenters. The van der Waals surface area contributed by atoms with Crippen molar-refractivity contribution in [3.63, 3.8) is 0 Å². The Hall–Kier alpha value is -3.70. The average molecular weight is 490 g/mol. The van der Waals surface area contributed by atoms with E-state index in [0.29, 0.717) is 31.5 Å². The van der Waals surface area contributed by atoms with E-state index < -0.39 is 17.8 Å². The van der Waals surface area contributed by atoms with E-state index >= 15 is 0 Å². The molecule has 1 aliphatic heterocycles. The molecule has 1 aliphatic carbocycles. The molecular weight excluding hydrogens is 465 g/mol. The smallest absolute Gasteiger partial charge is 0.416 e. The van der Waals surface area contributed by atoms with Gasteiger partial charge in [0.05, 0.1) is 24.1 Å². The minimum atomic E-state index is -4.53. The minimum absolute atomic E-state index is 0.0400. The van der Waals surface area contributed by atoms with Crippen molar-refractivity contribution in [1.82, 2.24) is 24.4 Å². The number of ether oxygens (including phenoxy) is 1. The minimum Gasteiger partial charge on any atom is -0.492 e. The number of nitrogens with one attached hydrogen (secondary N) is 2. The summed E-state index contributed by atoms with van der Waals surface area (Å²) in [5.41, 5.74) is 0.334. The fraction of sp³-hybridized carbons (Fsp3) is 0.435. The second-order valence-corrected chi connectivity index (χ2v) is 9.24. The van der Waals surface area contributed by atoms with Gasteiger partial charge in [-0.05, 0) is 38.0 Å². The van der Waals surface area contributed by atoms with Gasteiger partial charge in [-0.2, -0.15) is 18.3 Å². The van der Waals surface area contributed by atoms with Crippen molar-refractivity contribution in [2.45, 2.75) is 32.0 Å². The molecule has 1 aromatic carbocycles. The molecule has 2 aromatic heterocycles. The number of nitrogens with zero attached hydrogens (tertiary/aromatic N) is 4. The highest BCUT2D eigenvalue weighted by atomic mass is 19.4. The average Bonchev–Trinajstić information content (AvgIpc) is 3.32. The lowest BCUT2D eigenvalue weighted by molar-refractivity contribution is -0.137. The van der Waals surface area contributed by atoms with Gasteiger partial charge in [0, 0.05) is 44.0 Å². The number of urea groups is 1. The quantitative estimate of drug-likeness (QED) is 0.573. The molecule has 3 heterocycles. The molecule has 35 heavy (non-hydrogen) atoms. The number of carbonyl (C=O) groups excluding carboxylic acids is 2. The van der Waals surface area contributed by atoms with Gasteiger partial charge in [-0.25, -0.2) is 9.31 Å². The number of hydrogen-bond donors (Lipinski definition) is 2. The molecule has 1 saturated carbocycles. The van der Waals surface area contributed by atoms with Gasteiger partial charge in [-0.3, -0.25) is 4.79 Å². The van der Waals surface area contributed by atoms with E-state index in [1.165, 1.54) is 6.07 Å². The van der Waals surface area contributed by atoms with Gasteiger partial charge in [0.25, 0.3) is 5.91 Å². The third kappa shape index (κ3) is 4.17. The standard InChI is InChI=1S/C23H25F3N6O3/c1-3-35-18-5-4-14(23(24,25)26)8-17(18)29-21(34)28-15-9-22(10-15)12-31(13-22)20(33)16-11-27-32-7-6-30(2)19(16)32/h4-8,11,15H,3,9-10,12-13H2,1-2H3,(H2,28,29,34). The first-order valence-corrected chi connectivity index (χ1v) is 11.3. The molecule has 186 valence electrons. The second kappa shape index (κ2) is 8.21. The van der Waals surface area contributed by atoms with Crippen molar-refractivity contribution in [3.8, 4) is 5.75 Å². The first kappa shape index (κ1) is 23.1. The van der Waals surface area contributed by atoms with E-state index in [9.17, 15) is 22.8 Å². The zero-order valence-corrected chi connectivity index (χ0v) is 19.2. The molecule has 2 fully saturated rings. The van der Waals surface area contributed by atoms with Crippen LogP contribution in [0.4, 0.5) is 23.7 Å². The van der Waals surface area contributed by atoms with Crippen molar-refractivity contribution in [2.24, 2.45) is 12.5 Å². The number of fused-ring (bicyclic) bond motifs is 1. The van der Waals surface area contributed by atoms with Crippen LogP contribution in [0.25, 0.3) is 5.65 Å². The van der Waals surface area contributed by atoms with Crippen LogP contribution in [0.2, 0.25) is 0 Å². The summed E-state index contributed by atoms with van der Waals surface area (Å²) < 4.78 is 48.1. The van der Waals surface area contributed by atoms with E-state index in [-0.39, 0.29) is 35.4 Å². The van der Waals surface area contributed by atoms with Crippen LogP contribution in [0.1, 0.15) is 35.7 Å². The summed E-state index contributed by atoms with van der Waals surface area (Å²) in [5.74, 6) is 0.0935. The van der Waals surface area contributed by atoms with E-state index in [2.05, 4.69) is 15.7 Å². The van der Waals surface area contributed by atoms with Gasteiger partial charge in [-0.15, -0.1) is 0 Å². The maximum Gasteiger partial charge on any atom is 0.416 e. The number of carbonyl (C=O) groups is 2. The Morgan fingerprint density at radius 3 is 2.66 bits per heavy atom. The fourth-order valence-electron chi connectivity index (χ4n) is 5.05. The van der Waals surface area contributed by atoms with Gasteiger partial charge < -0.3 is 24.8 Å². The maximum absolute atomic E-state index is 13.1. The summed E-state index contributed by atoms with van der Waals surface area (Å²) in [5, 5.41) is 9.50. The molecule has 1 spiro atoms. The largest absolute Gasteiger partial charge is 0.492 e. The highest BCUT2D eigenvalue weighted by Crippen LogP contribution is 2.49. The molecule has 3 amide bonds. The Kier molecular flexibility index (Phi) is 5.41. The van der Waals surface area contributed by atoms with Crippen molar-refractivity contribution < 1.29 is 27.5 Å². The van der Waals surface area contributed by atoms with Crippen LogP contribution < -0.4 is 15.4 Å². The molecule has 0 bridgehead atoms. The highest BCUT2D eigenvalue weighted by molar-refractivity contribution is 6.00. The number of aromatic nitrogens is 3. The van der Waals surface area contributed by atoms with Gasteiger partial charge in [-0.1, -0.05) is 0 Å². The van der Waals surface area contributed by atoms with Crippen LogP contribution in [0.5, 0.6) is 5.75 Å². The van der Waals surface area contributed by atoms with Gasteiger partial charge in [0.1, 0.15) is 17.0 Å². The monoisotopic (exact) mass is 490 g/mol. The van der Waals surface area contributed by atoms with Gasteiger partial charge >= 0.3 is 12.2 Å². The van der Waals surface area contributed by atoms with E-state index in [4.69, 9.17) is 4.74 Å². The maximum atomic E-state index is 13.1. The van der Waals surface area contributed by atoms with Crippen molar-refractivity contribution in [3.05, 3.63) is 47.9 Å². The molecule has 2 N–H and O–H groups in total. The molecular formula is C23H25F3N6O3. The van der Waals surface area contributed by atoms with E-state index in [1.54, 1.807) is 28.7 Å². The first-order chi connectivity index (χ1) is 16.6. The predicted octanol–water partition coefficient (Wildman–Crippen LogP) is 3.52. The summed E-state index contributed by atoms with van der Waals surface area (Å²) in [6.45, 7) is 3.14. The lowest BCUT2D eigenvalue weighted by Gasteiger charge is -2.58. The summed E-state index contributed by atoms with van der Waals surface area (Å²) >= 11 is 0. The Bertz CT molecular complexity index is 1280. The molecule has 3 aromatic rings. The first-order valence-electron chi connectivity index (χ1n) is 11.3. The normalized spacial score (nSPS) is 17.2. The van der Waals surface area contributed by atoms with Crippen LogP contribution in [0, 0.1) is 5.41 Å². The van der Waals surface area contributed by atoms with Crippen LogP contribution in [0.15, 0.2) is 36.8 Å². The molecule has 12 heteroatoms. The number of rotatable bonds is 5. The fourth-order valence-corrected chi connectivity index (χ4v) is 5.05. The topological polar surface area (TPSA) is 92.9 Å². The van der Waals surface area contributed by atoms with Crippen LogP contribution in [0.3, 0.4) is 0 Å². The van der Waals surface area contributed by atoms with Crippen LogP contribution >= 0.6 is 0 Å². The Morgan fingerprint density at radius 1 is 1.23 bits per heavy atom. The molecule has 5 rings (SSSR count). The summed E-state index contributed by atoms with van der Waals surface area (Å²) in [4.78, 5) is 27.2. The zero-order valence-electron chi connectivity index (χ0n) is 19.2. The number of imidazole rings is 1. The Balaban J connectivity index is 1.15. The van der Waals surface area contributed by atoms with E-state index in [1.807, 2.05) is 17.8 Å². The molecule has 0 unspecified atom stereocenters. The molecule has 9 nitrogen and oxygen atoms in total. The van der Waals surface area contributed by atoms with Crippen LogP contribution in [-0.4, -0.2) is 56.8 Å². The summed E-state index contributed by atoms with van der Waals surface area (Å²) in [6.07, 6.45) is 2.04. The van der Waals surface area contributed by atoms with Crippen molar-refractivity contribution in [2.75, 3.05) is 25.0 Å². The number of benzene rings is 1. The van der Waals surface area contributed by atoms with E-state index in [0.717, 1.165) is 17.8 Å². The number of amides is 3. The number of likely N-dealkylation sites (tertiary alicyclic amines) is 1. The predicted molar refractivity (Wildman–Crippen MR) is 120 cm³/mol. The lowest BCUT2D eigenvalue weighted by atomic mass is 9.60. The van der Waals surface area contributed by atoms with Gasteiger partial charge in [0.15, 0.2) is 0 Å². The van der Waals surface area contributed by atoms with Crippen molar-refractivity contribution >= 4 is 23.3 Å². The Labute approximate surface area is 198 Å². The third-order valence-corrected chi connectivity index (χ3v) is 6.65. The molecule has 0 radical (unpaired) electrons. The SMILES string of the molecule is CCOc1ccc(C(F)(F)F)cc1NC(=O)NC1CC2(C1)CN(C(=O)c1cnn3ccn(C)c13)C2. The van der Waals surface area contributed by atoms with Gasteiger partial charge in [0.2, 0.25) is 0 Å². The zero-order chi connectivity index (χ0) is 25.0. The number of anilines is 1. The molecule has 1 saturated heterocycles.